The Morgan fingerprint density at radius 3 is 3.05 bits per heavy atom. The molecule has 0 saturated carbocycles. The average Bonchev–Trinajstić information content (AvgIpc) is 3.08. The van der Waals surface area contributed by atoms with E-state index in [0.717, 1.165) is 16.5 Å². The number of para-hydroxylation sites is 1. The molecule has 1 aromatic carbocycles. The highest BCUT2D eigenvalue weighted by molar-refractivity contribution is 8.15. The summed E-state index contributed by atoms with van der Waals surface area (Å²) in [4.78, 5) is 19.5. The number of benzene rings is 1. The molecule has 3 N–H and O–H groups in total. The summed E-state index contributed by atoms with van der Waals surface area (Å²) in [5.41, 5.74) is 2.22. The summed E-state index contributed by atoms with van der Waals surface area (Å²) in [6.45, 7) is 2.36. The predicted molar refractivity (Wildman–Crippen MR) is 85.6 cm³/mol. The van der Waals surface area contributed by atoms with E-state index in [1.165, 1.54) is 11.8 Å². The first-order chi connectivity index (χ1) is 10.2. The molecule has 6 heteroatoms. The van der Waals surface area contributed by atoms with Crippen LogP contribution in [-0.2, 0) is 4.79 Å². The molecule has 5 nitrogen and oxygen atoms in total. The molecule has 21 heavy (non-hydrogen) atoms. The van der Waals surface area contributed by atoms with Crippen molar-refractivity contribution in [1.29, 1.82) is 0 Å². The van der Waals surface area contributed by atoms with Gasteiger partial charge in [0, 0.05) is 23.0 Å². The third-order valence-electron chi connectivity index (χ3n) is 3.65. The van der Waals surface area contributed by atoms with Crippen LogP contribution in [0.2, 0.25) is 0 Å². The smallest absolute Gasteiger partial charge is 0.240 e. The lowest BCUT2D eigenvalue weighted by Crippen LogP contribution is -2.28. The normalized spacial score (nSPS) is 21.9. The second kappa shape index (κ2) is 5.91. The molecule has 2 aromatic rings. The van der Waals surface area contributed by atoms with Gasteiger partial charge in [-0.1, -0.05) is 36.9 Å². The number of carbonyl (C=O) groups excluding carboxylic acids is 1. The fraction of sp³-hybridized carbons (Fsp3) is 0.333. The number of hydrogen-bond donors (Lipinski definition) is 3. The van der Waals surface area contributed by atoms with Gasteiger partial charge in [-0.3, -0.25) is 9.79 Å². The lowest BCUT2D eigenvalue weighted by atomic mass is 9.96. The van der Waals surface area contributed by atoms with Crippen LogP contribution in [0.3, 0.4) is 0 Å². The van der Waals surface area contributed by atoms with Crippen molar-refractivity contribution >= 4 is 33.7 Å². The minimum Gasteiger partial charge on any atom is -0.394 e. The van der Waals surface area contributed by atoms with Crippen molar-refractivity contribution in [2.45, 2.75) is 18.1 Å². The number of aromatic amines is 1. The highest BCUT2D eigenvalue weighted by Gasteiger charge is 2.35. The SMILES string of the molecule is C[C@H](c1c[nH]c2ccccc12)[C@@H]1SC(=NCCO)NC1=O. The zero-order valence-electron chi connectivity index (χ0n) is 11.7. The molecule has 1 fully saturated rings. The van der Waals surface area contributed by atoms with Crippen molar-refractivity contribution in [1.82, 2.24) is 10.3 Å². The molecule has 0 spiro atoms. The summed E-state index contributed by atoms with van der Waals surface area (Å²) >= 11 is 1.44. The second-order valence-electron chi connectivity index (χ2n) is 5.02. The van der Waals surface area contributed by atoms with Gasteiger partial charge < -0.3 is 15.4 Å². The maximum absolute atomic E-state index is 12.1. The van der Waals surface area contributed by atoms with E-state index in [9.17, 15) is 4.79 Å². The van der Waals surface area contributed by atoms with Crippen molar-refractivity contribution < 1.29 is 9.90 Å². The number of hydrogen-bond acceptors (Lipinski definition) is 4. The highest BCUT2D eigenvalue weighted by Crippen LogP contribution is 2.35. The van der Waals surface area contributed by atoms with E-state index in [1.54, 1.807) is 0 Å². The number of H-pyrrole nitrogens is 1. The van der Waals surface area contributed by atoms with Crippen LogP contribution in [0.1, 0.15) is 18.4 Å². The van der Waals surface area contributed by atoms with Crippen LogP contribution in [0.15, 0.2) is 35.5 Å². The number of nitrogens with one attached hydrogen (secondary N) is 2. The molecular weight excluding hydrogens is 286 g/mol. The summed E-state index contributed by atoms with van der Waals surface area (Å²) in [7, 11) is 0. The number of nitrogens with zero attached hydrogens (tertiary/aromatic N) is 1. The Morgan fingerprint density at radius 2 is 2.24 bits per heavy atom. The van der Waals surface area contributed by atoms with Crippen LogP contribution in [-0.4, -0.2) is 39.6 Å². The number of amides is 1. The monoisotopic (exact) mass is 303 g/mol. The van der Waals surface area contributed by atoms with Gasteiger partial charge in [-0.2, -0.15) is 0 Å². The molecular formula is C15H17N3O2S. The molecule has 2 atom stereocenters. The lowest BCUT2D eigenvalue weighted by molar-refractivity contribution is -0.119. The van der Waals surface area contributed by atoms with E-state index in [4.69, 9.17) is 5.11 Å². The van der Waals surface area contributed by atoms with Crippen molar-refractivity contribution in [3.05, 3.63) is 36.0 Å². The molecule has 0 radical (unpaired) electrons. The van der Waals surface area contributed by atoms with Gasteiger partial charge in [-0.15, -0.1) is 0 Å². The van der Waals surface area contributed by atoms with Crippen molar-refractivity contribution in [2.75, 3.05) is 13.2 Å². The summed E-state index contributed by atoms with van der Waals surface area (Å²) < 4.78 is 0. The van der Waals surface area contributed by atoms with Crippen LogP contribution in [0, 0.1) is 0 Å². The van der Waals surface area contributed by atoms with E-state index in [0.29, 0.717) is 11.7 Å². The Morgan fingerprint density at radius 1 is 1.43 bits per heavy atom. The Balaban J connectivity index is 1.85. The first-order valence-electron chi connectivity index (χ1n) is 6.89. The van der Waals surface area contributed by atoms with E-state index in [1.807, 2.05) is 24.4 Å². The van der Waals surface area contributed by atoms with E-state index < -0.39 is 0 Å². The Labute approximate surface area is 126 Å². The average molecular weight is 303 g/mol. The van der Waals surface area contributed by atoms with Crippen LogP contribution < -0.4 is 5.32 Å². The van der Waals surface area contributed by atoms with Crippen LogP contribution >= 0.6 is 11.8 Å². The molecule has 0 unspecified atom stereocenters. The van der Waals surface area contributed by atoms with Gasteiger partial charge in [-0.25, -0.2) is 0 Å². The van der Waals surface area contributed by atoms with Crippen molar-refractivity contribution in [2.24, 2.45) is 4.99 Å². The van der Waals surface area contributed by atoms with Gasteiger partial charge in [0.25, 0.3) is 0 Å². The van der Waals surface area contributed by atoms with Gasteiger partial charge in [0.2, 0.25) is 5.91 Å². The third-order valence-corrected chi connectivity index (χ3v) is 4.98. The fourth-order valence-electron chi connectivity index (χ4n) is 2.57. The number of carbonyl (C=O) groups is 1. The van der Waals surface area contributed by atoms with Crippen LogP contribution in [0.4, 0.5) is 0 Å². The second-order valence-corrected chi connectivity index (χ2v) is 6.15. The van der Waals surface area contributed by atoms with Crippen LogP contribution in [0.25, 0.3) is 10.9 Å². The van der Waals surface area contributed by atoms with Gasteiger partial charge in [0.05, 0.1) is 18.4 Å². The Kier molecular flexibility index (Phi) is 3.98. The summed E-state index contributed by atoms with van der Waals surface area (Å²) in [5.74, 6) is 0.0578. The predicted octanol–water partition coefficient (Wildman–Crippen LogP) is 1.85. The van der Waals surface area contributed by atoms with Gasteiger partial charge in [0.15, 0.2) is 5.17 Å². The van der Waals surface area contributed by atoms with E-state index in [2.05, 4.69) is 28.3 Å². The highest BCUT2D eigenvalue weighted by atomic mass is 32.2. The number of aliphatic imine (C=N–C) groups is 1. The van der Waals surface area contributed by atoms with Crippen LogP contribution in [0.5, 0.6) is 0 Å². The summed E-state index contributed by atoms with van der Waals surface area (Å²) in [5, 5.41) is 13.1. The fourth-order valence-corrected chi connectivity index (χ4v) is 3.65. The third kappa shape index (κ3) is 2.69. The topological polar surface area (TPSA) is 77.5 Å². The molecule has 0 bridgehead atoms. The van der Waals surface area contributed by atoms with Gasteiger partial charge >= 0.3 is 0 Å². The number of thioether (sulfide) groups is 1. The number of aliphatic hydroxyl groups is 1. The Hall–Kier alpha value is -1.79. The minimum absolute atomic E-state index is 0.0113. The standard InChI is InChI=1S/C15H17N3O2S/c1-9(11-8-17-12-5-3-2-4-10(11)12)13-14(20)18-15(21-13)16-6-7-19/h2-5,8-9,13,17,19H,6-7H2,1H3,(H,16,18,20)/t9-,13+/m1/s1. The van der Waals surface area contributed by atoms with Gasteiger partial charge in [-0.05, 0) is 11.6 Å². The molecule has 0 aliphatic carbocycles. The molecule has 1 saturated heterocycles. The quantitative estimate of drug-likeness (QED) is 0.806. The molecule has 1 aliphatic heterocycles. The number of amidine groups is 1. The van der Waals surface area contributed by atoms with Crippen molar-refractivity contribution in [3.8, 4) is 0 Å². The van der Waals surface area contributed by atoms with Gasteiger partial charge in [0.1, 0.15) is 0 Å². The summed E-state index contributed by atoms with van der Waals surface area (Å²) in [6.07, 6.45) is 1.98. The maximum atomic E-state index is 12.1. The summed E-state index contributed by atoms with van der Waals surface area (Å²) in [6, 6.07) is 8.09. The minimum atomic E-state index is -0.193. The maximum Gasteiger partial charge on any atom is 0.240 e. The number of fused-ring (bicyclic) bond motifs is 1. The number of aromatic nitrogens is 1. The first-order valence-corrected chi connectivity index (χ1v) is 7.77. The molecule has 1 aliphatic rings. The molecule has 1 aromatic heterocycles. The largest absolute Gasteiger partial charge is 0.394 e. The van der Waals surface area contributed by atoms with E-state index in [-0.39, 0.29) is 23.7 Å². The van der Waals surface area contributed by atoms with Crippen molar-refractivity contribution in [3.63, 3.8) is 0 Å². The number of aliphatic hydroxyl groups excluding tert-OH is 1. The number of rotatable bonds is 4. The first kappa shape index (κ1) is 14.2. The zero-order chi connectivity index (χ0) is 14.8. The molecule has 1 amide bonds. The molecule has 110 valence electrons. The zero-order valence-corrected chi connectivity index (χ0v) is 12.5. The molecule has 2 heterocycles. The molecule has 3 rings (SSSR count). The lowest BCUT2D eigenvalue weighted by Gasteiger charge is -2.14. The van der Waals surface area contributed by atoms with E-state index >= 15 is 0 Å². The Bertz CT molecular complexity index is 695.